The van der Waals surface area contributed by atoms with E-state index in [0.717, 1.165) is 35.3 Å². The number of aromatic hydroxyl groups is 1. The summed E-state index contributed by atoms with van der Waals surface area (Å²) in [7, 11) is 1.66. The van der Waals surface area contributed by atoms with Crippen LogP contribution in [0.15, 0.2) is 66.7 Å². The molecule has 1 aliphatic rings. The van der Waals surface area contributed by atoms with Gasteiger partial charge in [0.15, 0.2) is 0 Å². The summed E-state index contributed by atoms with van der Waals surface area (Å²) in [5, 5.41) is 10.2. The van der Waals surface area contributed by atoms with Gasteiger partial charge in [-0.1, -0.05) is 36.4 Å². The van der Waals surface area contributed by atoms with Crippen LogP contribution >= 0.6 is 0 Å². The Morgan fingerprint density at radius 3 is 2.63 bits per heavy atom. The first-order valence-electron chi connectivity index (χ1n) is 10.0. The summed E-state index contributed by atoms with van der Waals surface area (Å²) >= 11 is 0. The molecule has 3 aromatic rings. The van der Waals surface area contributed by atoms with Gasteiger partial charge in [0.1, 0.15) is 23.9 Å². The molecule has 1 heterocycles. The van der Waals surface area contributed by atoms with Gasteiger partial charge in [0.2, 0.25) is 6.41 Å². The van der Waals surface area contributed by atoms with E-state index >= 15 is 0 Å². The first kappa shape index (κ1) is 19.8. The van der Waals surface area contributed by atoms with Crippen LogP contribution in [0.2, 0.25) is 0 Å². The topological polar surface area (TPSA) is 59.0 Å². The summed E-state index contributed by atoms with van der Waals surface area (Å²) in [4.78, 5) is 13.5. The minimum atomic E-state index is -0.0964. The van der Waals surface area contributed by atoms with Crippen LogP contribution in [0.25, 0.3) is 0 Å². The van der Waals surface area contributed by atoms with E-state index in [-0.39, 0.29) is 11.8 Å². The number of hydrogen-bond donors (Lipinski definition) is 1. The van der Waals surface area contributed by atoms with E-state index < -0.39 is 0 Å². The number of benzene rings is 3. The second kappa shape index (κ2) is 8.91. The first-order valence-corrected chi connectivity index (χ1v) is 10.0. The molecular formula is C25H25NO4. The zero-order chi connectivity index (χ0) is 20.9. The lowest BCUT2D eigenvalue weighted by molar-refractivity contribution is -0.120. The van der Waals surface area contributed by atoms with Crippen LogP contribution in [0.3, 0.4) is 0 Å². The summed E-state index contributed by atoms with van der Waals surface area (Å²) in [6.45, 7) is 1.08. The van der Waals surface area contributed by atoms with Crippen LogP contribution in [0.5, 0.6) is 17.2 Å². The molecule has 1 atom stereocenters. The summed E-state index contributed by atoms with van der Waals surface area (Å²) in [6, 6.07) is 21.1. The second-order valence-corrected chi connectivity index (χ2v) is 7.49. The molecule has 3 aromatic carbocycles. The Hall–Kier alpha value is -3.47. The Labute approximate surface area is 176 Å². The number of nitrogens with zero attached hydrogens (tertiary/aromatic N) is 1. The summed E-state index contributed by atoms with van der Waals surface area (Å²) < 4.78 is 11.2. The number of rotatable bonds is 7. The van der Waals surface area contributed by atoms with Gasteiger partial charge in [0.25, 0.3) is 0 Å². The van der Waals surface area contributed by atoms with Crippen LogP contribution in [0.1, 0.15) is 28.3 Å². The maximum atomic E-state index is 11.7. The van der Waals surface area contributed by atoms with E-state index in [1.807, 2.05) is 59.5 Å². The lowest BCUT2D eigenvalue weighted by Gasteiger charge is -2.35. The number of hydrogen-bond acceptors (Lipinski definition) is 4. The third kappa shape index (κ3) is 4.40. The number of carbonyl (C=O) groups excluding carboxylic acids is 1. The molecule has 4 rings (SSSR count). The lowest BCUT2D eigenvalue weighted by Crippen LogP contribution is -2.35. The van der Waals surface area contributed by atoms with Gasteiger partial charge < -0.3 is 19.5 Å². The quantitative estimate of drug-likeness (QED) is 0.599. The lowest BCUT2D eigenvalue weighted by atomic mass is 9.89. The molecule has 5 nitrogen and oxygen atoms in total. The standard InChI is InChI=1S/C25H25NO4/c1-29-22-7-8-24-20(14-22)9-10-26(17-27)25(24)13-19-11-21(28)15-23(12-19)30-16-18-5-3-2-4-6-18/h2-8,11-12,14-15,17,25,28H,9-10,13,16H2,1H3. The number of carbonyl (C=O) groups is 1. The predicted molar refractivity (Wildman–Crippen MR) is 115 cm³/mol. The van der Waals surface area contributed by atoms with Gasteiger partial charge in [-0.05, 0) is 59.4 Å². The zero-order valence-electron chi connectivity index (χ0n) is 17.0. The smallest absolute Gasteiger partial charge is 0.210 e. The molecule has 1 amide bonds. The largest absolute Gasteiger partial charge is 0.508 e. The van der Waals surface area contributed by atoms with Gasteiger partial charge in [-0.15, -0.1) is 0 Å². The number of phenols is 1. The number of amides is 1. The molecule has 0 saturated carbocycles. The van der Waals surface area contributed by atoms with Gasteiger partial charge in [-0.3, -0.25) is 4.79 Å². The van der Waals surface area contributed by atoms with E-state index in [1.54, 1.807) is 19.2 Å². The Balaban J connectivity index is 1.57. The summed E-state index contributed by atoms with van der Waals surface area (Å²) in [5.41, 5.74) is 4.28. The molecule has 0 spiro atoms. The van der Waals surface area contributed by atoms with Crippen LogP contribution < -0.4 is 9.47 Å². The SMILES string of the molecule is COc1ccc2c(c1)CCN(C=O)C2Cc1cc(O)cc(OCc2ccccc2)c1. The van der Waals surface area contributed by atoms with Crippen LogP contribution in [-0.2, 0) is 24.2 Å². The van der Waals surface area contributed by atoms with Crippen molar-refractivity contribution in [1.82, 2.24) is 4.90 Å². The van der Waals surface area contributed by atoms with Crippen LogP contribution in [0, 0.1) is 0 Å². The summed E-state index contributed by atoms with van der Waals surface area (Å²) in [6.07, 6.45) is 2.30. The predicted octanol–water partition coefficient (Wildman–Crippen LogP) is 4.28. The molecule has 30 heavy (non-hydrogen) atoms. The molecular weight excluding hydrogens is 378 g/mol. The third-order valence-electron chi connectivity index (χ3n) is 5.51. The van der Waals surface area contributed by atoms with Crippen molar-refractivity contribution >= 4 is 6.41 Å². The maximum Gasteiger partial charge on any atom is 0.210 e. The molecule has 0 fully saturated rings. The van der Waals surface area contributed by atoms with Gasteiger partial charge in [-0.25, -0.2) is 0 Å². The number of methoxy groups -OCH3 is 1. The van der Waals surface area contributed by atoms with E-state index in [0.29, 0.717) is 25.3 Å². The molecule has 0 saturated heterocycles. The number of ether oxygens (including phenoxy) is 2. The monoisotopic (exact) mass is 403 g/mol. The Bertz CT molecular complexity index is 1020. The van der Waals surface area contributed by atoms with Crippen molar-refractivity contribution in [3.8, 4) is 17.2 Å². The molecule has 0 aromatic heterocycles. The third-order valence-corrected chi connectivity index (χ3v) is 5.51. The Kier molecular flexibility index (Phi) is 5.89. The van der Waals surface area contributed by atoms with E-state index in [9.17, 15) is 9.90 Å². The van der Waals surface area contributed by atoms with Crippen LogP contribution in [0.4, 0.5) is 0 Å². The Morgan fingerprint density at radius 2 is 1.87 bits per heavy atom. The van der Waals surface area contributed by atoms with Gasteiger partial charge >= 0.3 is 0 Å². The van der Waals surface area contributed by atoms with Gasteiger partial charge in [0.05, 0.1) is 13.2 Å². The Morgan fingerprint density at radius 1 is 1.03 bits per heavy atom. The number of phenolic OH excluding ortho intramolecular Hbond substituents is 1. The van der Waals surface area contributed by atoms with Crippen molar-refractivity contribution in [2.45, 2.75) is 25.5 Å². The molecule has 1 unspecified atom stereocenters. The van der Waals surface area contributed by atoms with Gasteiger partial charge in [-0.2, -0.15) is 0 Å². The molecule has 1 aliphatic heterocycles. The van der Waals surface area contributed by atoms with E-state index in [4.69, 9.17) is 9.47 Å². The molecule has 0 bridgehead atoms. The van der Waals surface area contributed by atoms with Crippen molar-refractivity contribution in [3.05, 3.63) is 89.0 Å². The number of fused-ring (bicyclic) bond motifs is 1. The fraction of sp³-hybridized carbons (Fsp3) is 0.240. The van der Waals surface area contributed by atoms with E-state index in [1.165, 1.54) is 5.56 Å². The minimum Gasteiger partial charge on any atom is -0.508 e. The fourth-order valence-electron chi connectivity index (χ4n) is 4.00. The highest BCUT2D eigenvalue weighted by atomic mass is 16.5. The molecule has 0 aliphatic carbocycles. The maximum absolute atomic E-state index is 11.7. The fourth-order valence-corrected chi connectivity index (χ4v) is 4.00. The summed E-state index contributed by atoms with van der Waals surface area (Å²) in [5.74, 6) is 1.58. The zero-order valence-corrected chi connectivity index (χ0v) is 17.0. The highest BCUT2D eigenvalue weighted by molar-refractivity contribution is 5.53. The average molecular weight is 403 g/mol. The van der Waals surface area contributed by atoms with Crippen molar-refractivity contribution < 1.29 is 19.4 Å². The van der Waals surface area contributed by atoms with E-state index in [2.05, 4.69) is 0 Å². The molecule has 0 radical (unpaired) electrons. The van der Waals surface area contributed by atoms with Crippen molar-refractivity contribution in [2.24, 2.45) is 0 Å². The van der Waals surface area contributed by atoms with Gasteiger partial charge in [0, 0.05) is 12.6 Å². The van der Waals surface area contributed by atoms with Crippen molar-refractivity contribution in [2.75, 3.05) is 13.7 Å². The minimum absolute atomic E-state index is 0.0964. The molecule has 5 heteroatoms. The normalized spacial score (nSPS) is 15.4. The van der Waals surface area contributed by atoms with Crippen molar-refractivity contribution in [1.29, 1.82) is 0 Å². The molecule has 154 valence electrons. The average Bonchev–Trinajstić information content (AvgIpc) is 2.78. The highest BCUT2D eigenvalue weighted by Crippen LogP contribution is 2.35. The van der Waals surface area contributed by atoms with Crippen LogP contribution in [-0.4, -0.2) is 30.1 Å². The highest BCUT2D eigenvalue weighted by Gasteiger charge is 2.27. The first-order chi connectivity index (χ1) is 14.7. The molecule has 1 N–H and O–H groups in total. The second-order valence-electron chi connectivity index (χ2n) is 7.49. The van der Waals surface area contributed by atoms with Crippen molar-refractivity contribution in [3.63, 3.8) is 0 Å².